The lowest BCUT2D eigenvalue weighted by atomic mass is 10.2. The highest BCUT2D eigenvalue weighted by Gasteiger charge is 2.08. The third-order valence-corrected chi connectivity index (χ3v) is 4.23. The van der Waals surface area contributed by atoms with Crippen LogP contribution in [0.3, 0.4) is 0 Å². The molecule has 0 radical (unpaired) electrons. The molecule has 0 aliphatic rings. The molecule has 0 spiro atoms. The Kier molecular flexibility index (Phi) is 5.70. The Morgan fingerprint density at radius 2 is 2.16 bits per heavy atom. The zero-order chi connectivity index (χ0) is 13.5. The third-order valence-electron chi connectivity index (χ3n) is 2.84. The summed E-state index contributed by atoms with van der Waals surface area (Å²) in [6, 6.07) is 14.4. The number of nitrogens with one attached hydrogen (secondary N) is 1. The van der Waals surface area contributed by atoms with Crippen LogP contribution in [0.15, 0.2) is 53.6 Å². The first-order valence-corrected chi connectivity index (χ1v) is 7.60. The number of likely N-dealkylation sites (N-methyl/N-ethyl adjacent to an activating group) is 1. The van der Waals surface area contributed by atoms with E-state index in [9.17, 15) is 0 Å². The lowest BCUT2D eigenvalue weighted by Crippen LogP contribution is -2.30. The van der Waals surface area contributed by atoms with Gasteiger partial charge in [0, 0.05) is 40.0 Å². The molecule has 0 aliphatic carbocycles. The molecule has 0 saturated carbocycles. The van der Waals surface area contributed by atoms with Crippen LogP contribution in [-0.2, 0) is 6.42 Å². The van der Waals surface area contributed by atoms with Gasteiger partial charge in [0.05, 0.1) is 0 Å². The van der Waals surface area contributed by atoms with Crippen LogP contribution in [0.5, 0.6) is 0 Å². The van der Waals surface area contributed by atoms with E-state index in [2.05, 4.69) is 22.4 Å². The molecule has 0 aliphatic heterocycles. The summed E-state index contributed by atoms with van der Waals surface area (Å²) in [5.74, 6) is 0.993. The maximum Gasteiger partial charge on any atom is 0.0419 e. The third kappa shape index (κ3) is 4.86. The van der Waals surface area contributed by atoms with Gasteiger partial charge in [0.15, 0.2) is 0 Å². The minimum Gasteiger partial charge on any atom is -0.316 e. The van der Waals surface area contributed by atoms with Crippen LogP contribution in [0, 0.1) is 0 Å². The average Bonchev–Trinajstić information content (AvgIpc) is 2.44. The predicted molar refractivity (Wildman–Crippen MR) is 83.0 cm³/mol. The van der Waals surface area contributed by atoms with Gasteiger partial charge in [-0.15, -0.1) is 11.8 Å². The molecule has 0 amide bonds. The van der Waals surface area contributed by atoms with Gasteiger partial charge in [-0.05, 0) is 37.4 Å². The molecule has 1 unspecified atom stereocenters. The molecule has 0 saturated heterocycles. The number of pyridine rings is 1. The highest BCUT2D eigenvalue weighted by atomic mass is 35.5. The van der Waals surface area contributed by atoms with Crippen molar-refractivity contribution in [2.75, 3.05) is 12.8 Å². The summed E-state index contributed by atoms with van der Waals surface area (Å²) in [6.07, 6.45) is 2.77. The van der Waals surface area contributed by atoms with Crippen molar-refractivity contribution in [2.24, 2.45) is 0 Å². The van der Waals surface area contributed by atoms with Crippen LogP contribution in [0.4, 0.5) is 0 Å². The van der Waals surface area contributed by atoms with Gasteiger partial charge in [-0.1, -0.05) is 23.7 Å². The van der Waals surface area contributed by atoms with Crippen molar-refractivity contribution in [1.82, 2.24) is 10.3 Å². The number of aromatic nitrogens is 1. The number of halogens is 1. The van der Waals surface area contributed by atoms with E-state index in [0.29, 0.717) is 6.04 Å². The molecule has 0 fully saturated rings. The number of benzene rings is 1. The van der Waals surface area contributed by atoms with Crippen molar-refractivity contribution in [1.29, 1.82) is 0 Å². The lowest BCUT2D eigenvalue weighted by molar-refractivity contribution is 0.609. The van der Waals surface area contributed by atoms with E-state index in [1.165, 1.54) is 4.90 Å². The van der Waals surface area contributed by atoms with Crippen molar-refractivity contribution < 1.29 is 0 Å². The highest BCUT2D eigenvalue weighted by molar-refractivity contribution is 7.99. The Balaban J connectivity index is 1.89. The summed E-state index contributed by atoms with van der Waals surface area (Å²) in [4.78, 5) is 5.57. The molecule has 100 valence electrons. The monoisotopic (exact) mass is 292 g/mol. The number of nitrogens with zero attached hydrogens (tertiary/aromatic N) is 1. The summed E-state index contributed by atoms with van der Waals surface area (Å²) in [7, 11) is 1.99. The molecule has 2 aromatic rings. The normalized spacial score (nSPS) is 12.3. The SMILES string of the molecule is CNC(CSc1cccc(Cl)c1)Cc1ccccn1. The molecule has 1 aromatic heterocycles. The molecular formula is C15H17ClN2S. The second-order valence-electron chi connectivity index (χ2n) is 4.28. The second-order valence-corrected chi connectivity index (χ2v) is 5.81. The smallest absolute Gasteiger partial charge is 0.0419 e. The lowest BCUT2D eigenvalue weighted by Gasteiger charge is -2.15. The minimum absolute atomic E-state index is 0.402. The molecule has 1 aromatic carbocycles. The first-order valence-electron chi connectivity index (χ1n) is 6.23. The number of hydrogen-bond acceptors (Lipinski definition) is 3. The Morgan fingerprint density at radius 3 is 2.84 bits per heavy atom. The first-order chi connectivity index (χ1) is 9.28. The summed E-state index contributed by atoms with van der Waals surface area (Å²) in [5.41, 5.74) is 1.12. The van der Waals surface area contributed by atoms with Crippen LogP contribution >= 0.6 is 23.4 Å². The van der Waals surface area contributed by atoms with Crippen LogP contribution in [-0.4, -0.2) is 23.8 Å². The van der Waals surface area contributed by atoms with Gasteiger partial charge in [-0.2, -0.15) is 0 Å². The maximum atomic E-state index is 5.98. The van der Waals surface area contributed by atoms with Gasteiger partial charge in [-0.25, -0.2) is 0 Å². The molecule has 1 atom stereocenters. The number of hydrogen-bond donors (Lipinski definition) is 1. The fourth-order valence-corrected chi connectivity index (χ4v) is 3.09. The molecule has 1 heterocycles. The predicted octanol–water partition coefficient (Wildman–Crippen LogP) is 3.66. The fourth-order valence-electron chi connectivity index (χ4n) is 1.77. The summed E-state index contributed by atoms with van der Waals surface area (Å²) in [5, 5.41) is 4.13. The van der Waals surface area contributed by atoms with Crippen LogP contribution in [0.25, 0.3) is 0 Å². The van der Waals surface area contributed by atoms with Gasteiger partial charge in [0.2, 0.25) is 0 Å². The zero-order valence-electron chi connectivity index (χ0n) is 10.8. The summed E-state index contributed by atoms with van der Waals surface area (Å²) in [6.45, 7) is 0. The van der Waals surface area contributed by atoms with Gasteiger partial charge in [-0.3, -0.25) is 4.98 Å². The Morgan fingerprint density at radius 1 is 1.26 bits per heavy atom. The minimum atomic E-state index is 0.402. The maximum absolute atomic E-state index is 5.98. The van der Waals surface area contributed by atoms with Gasteiger partial charge in [0.25, 0.3) is 0 Å². The Hall–Kier alpha value is -1.03. The van der Waals surface area contributed by atoms with E-state index in [1.54, 1.807) is 0 Å². The molecule has 19 heavy (non-hydrogen) atoms. The summed E-state index contributed by atoms with van der Waals surface area (Å²) >= 11 is 7.80. The van der Waals surface area contributed by atoms with Gasteiger partial charge >= 0.3 is 0 Å². The van der Waals surface area contributed by atoms with Crippen LogP contribution in [0.2, 0.25) is 5.02 Å². The van der Waals surface area contributed by atoms with Crippen molar-refractivity contribution in [3.05, 3.63) is 59.4 Å². The van der Waals surface area contributed by atoms with Crippen molar-refractivity contribution in [3.8, 4) is 0 Å². The quantitative estimate of drug-likeness (QED) is 0.823. The average molecular weight is 293 g/mol. The van der Waals surface area contributed by atoms with Crippen LogP contribution < -0.4 is 5.32 Å². The standard InChI is InChI=1S/C15H17ClN2S/c1-17-14(10-13-6-2-3-8-18-13)11-19-15-7-4-5-12(16)9-15/h2-9,14,17H,10-11H2,1H3. The summed E-state index contributed by atoms with van der Waals surface area (Å²) < 4.78 is 0. The molecule has 1 N–H and O–H groups in total. The zero-order valence-corrected chi connectivity index (χ0v) is 12.4. The van der Waals surface area contributed by atoms with Crippen molar-refractivity contribution >= 4 is 23.4 Å². The molecule has 4 heteroatoms. The van der Waals surface area contributed by atoms with Crippen molar-refractivity contribution in [2.45, 2.75) is 17.4 Å². The Labute approximate surface area is 123 Å². The van der Waals surface area contributed by atoms with E-state index in [4.69, 9.17) is 11.6 Å². The fraction of sp³-hybridized carbons (Fsp3) is 0.267. The number of rotatable bonds is 6. The van der Waals surface area contributed by atoms with E-state index in [0.717, 1.165) is 22.9 Å². The molecule has 2 nitrogen and oxygen atoms in total. The molecular weight excluding hydrogens is 276 g/mol. The second kappa shape index (κ2) is 7.53. The largest absolute Gasteiger partial charge is 0.316 e. The first kappa shape index (κ1) is 14.4. The van der Waals surface area contributed by atoms with Crippen molar-refractivity contribution in [3.63, 3.8) is 0 Å². The van der Waals surface area contributed by atoms with E-state index < -0.39 is 0 Å². The van der Waals surface area contributed by atoms with Gasteiger partial charge in [0.1, 0.15) is 0 Å². The molecule has 2 rings (SSSR count). The van der Waals surface area contributed by atoms with Crippen LogP contribution in [0.1, 0.15) is 5.69 Å². The van der Waals surface area contributed by atoms with E-state index >= 15 is 0 Å². The Bertz CT molecular complexity index is 505. The van der Waals surface area contributed by atoms with E-state index in [1.807, 2.05) is 55.3 Å². The van der Waals surface area contributed by atoms with Gasteiger partial charge < -0.3 is 5.32 Å². The highest BCUT2D eigenvalue weighted by Crippen LogP contribution is 2.22. The number of thioether (sulfide) groups is 1. The topological polar surface area (TPSA) is 24.9 Å². The molecule has 0 bridgehead atoms. The van der Waals surface area contributed by atoms with E-state index in [-0.39, 0.29) is 0 Å².